The summed E-state index contributed by atoms with van der Waals surface area (Å²) >= 11 is 0. The summed E-state index contributed by atoms with van der Waals surface area (Å²) in [7, 11) is -2.34. The van der Waals surface area contributed by atoms with Crippen molar-refractivity contribution in [2.24, 2.45) is 0 Å². The van der Waals surface area contributed by atoms with Crippen molar-refractivity contribution >= 4 is 23.8 Å². The minimum Gasteiger partial charge on any atom is -0.246 e. The Labute approximate surface area is 152 Å². The third-order valence-corrected chi connectivity index (χ3v) is 10.8. The lowest BCUT2D eigenvalue weighted by Gasteiger charge is -2.40. The molecule has 0 aliphatic heterocycles. The highest BCUT2D eigenvalue weighted by Gasteiger charge is 2.53. The standard InChI is InChI=1S/C22H28NOSi/c1-6-23-18(2)17-21(24-23)25(22(3,4)5,19-13-9-7-10-14-19)20-15-11-8-12-16-20/h7-17H,6H2,1-5H3/q+1. The fourth-order valence-corrected chi connectivity index (χ4v) is 9.46. The van der Waals surface area contributed by atoms with Crippen molar-refractivity contribution < 1.29 is 9.26 Å². The quantitative estimate of drug-likeness (QED) is 0.522. The summed E-state index contributed by atoms with van der Waals surface area (Å²) in [6, 6.07) is 24.1. The smallest absolute Gasteiger partial charge is 0.228 e. The van der Waals surface area contributed by atoms with Crippen LogP contribution in [0, 0.1) is 6.92 Å². The van der Waals surface area contributed by atoms with Crippen molar-refractivity contribution in [1.29, 1.82) is 0 Å². The third kappa shape index (κ3) is 2.87. The Morgan fingerprint density at radius 1 is 0.880 bits per heavy atom. The Morgan fingerprint density at radius 2 is 1.36 bits per heavy atom. The Balaban J connectivity index is 2.41. The highest BCUT2D eigenvalue weighted by atomic mass is 28.3. The van der Waals surface area contributed by atoms with E-state index in [0.717, 1.165) is 11.9 Å². The molecular formula is C22H28NOSi+. The zero-order valence-corrected chi connectivity index (χ0v) is 16.9. The molecule has 130 valence electrons. The monoisotopic (exact) mass is 350 g/mol. The molecule has 3 rings (SSSR count). The summed E-state index contributed by atoms with van der Waals surface area (Å²) < 4.78 is 8.45. The van der Waals surface area contributed by atoms with E-state index in [2.05, 4.69) is 101 Å². The Hall–Kier alpha value is -2.13. The van der Waals surface area contributed by atoms with Crippen LogP contribution >= 0.6 is 0 Å². The molecule has 1 heterocycles. The highest BCUT2D eigenvalue weighted by Crippen LogP contribution is 2.35. The van der Waals surface area contributed by atoms with E-state index in [9.17, 15) is 0 Å². The van der Waals surface area contributed by atoms with E-state index in [1.807, 2.05) is 4.74 Å². The number of rotatable bonds is 4. The fourth-order valence-electron chi connectivity index (χ4n) is 4.03. The maximum absolute atomic E-state index is 6.44. The van der Waals surface area contributed by atoms with Gasteiger partial charge in [0.1, 0.15) is 0 Å². The molecule has 0 aliphatic rings. The normalized spacial score (nSPS) is 12.4. The number of hydrogen-bond donors (Lipinski definition) is 0. The predicted molar refractivity (Wildman–Crippen MR) is 107 cm³/mol. The van der Waals surface area contributed by atoms with Crippen LogP contribution in [-0.4, -0.2) is 8.07 Å². The van der Waals surface area contributed by atoms with Crippen molar-refractivity contribution in [3.8, 4) is 0 Å². The number of aromatic nitrogens is 1. The van der Waals surface area contributed by atoms with Gasteiger partial charge in [-0.15, -0.1) is 0 Å². The van der Waals surface area contributed by atoms with Gasteiger partial charge in [-0.1, -0.05) is 81.4 Å². The molecule has 0 fully saturated rings. The first-order valence-corrected chi connectivity index (χ1v) is 11.0. The van der Waals surface area contributed by atoms with Crippen LogP contribution in [0.5, 0.6) is 0 Å². The number of hydrogen-bond acceptors (Lipinski definition) is 1. The average molecular weight is 351 g/mol. The Morgan fingerprint density at radius 3 is 1.72 bits per heavy atom. The zero-order chi connectivity index (χ0) is 18.1. The van der Waals surface area contributed by atoms with E-state index in [0.29, 0.717) is 0 Å². The minimum absolute atomic E-state index is 0.0611. The number of benzene rings is 2. The van der Waals surface area contributed by atoms with Crippen molar-refractivity contribution in [2.75, 3.05) is 0 Å². The predicted octanol–water partition coefficient (Wildman–Crippen LogP) is 3.17. The molecule has 0 atom stereocenters. The molecule has 1 aromatic heterocycles. The second-order valence-electron chi connectivity index (χ2n) is 7.67. The van der Waals surface area contributed by atoms with Crippen LogP contribution in [0.25, 0.3) is 0 Å². The summed E-state index contributed by atoms with van der Waals surface area (Å²) in [4.78, 5) is 0. The van der Waals surface area contributed by atoms with Gasteiger partial charge in [-0.2, -0.15) is 0 Å². The van der Waals surface area contributed by atoms with Crippen LogP contribution in [-0.2, 0) is 6.54 Å². The minimum atomic E-state index is -2.34. The third-order valence-electron chi connectivity index (χ3n) is 5.14. The average Bonchev–Trinajstić information content (AvgIpc) is 2.97. The van der Waals surface area contributed by atoms with Crippen LogP contribution in [0.2, 0.25) is 5.04 Å². The number of aryl methyl sites for hydroxylation is 2. The van der Waals surface area contributed by atoms with Gasteiger partial charge in [-0.25, -0.2) is 4.52 Å². The second-order valence-corrected chi connectivity index (χ2v) is 12.3. The van der Waals surface area contributed by atoms with Gasteiger partial charge in [-0.05, 0) is 27.1 Å². The SMILES string of the molecule is CC[n+]1oc([Si](c2ccccc2)(c2ccccc2)C(C)(C)C)cc1C. The maximum Gasteiger partial charge on any atom is 0.228 e. The molecule has 0 spiro atoms. The zero-order valence-electron chi connectivity index (χ0n) is 15.9. The molecule has 0 unspecified atom stereocenters. The van der Waals surface area contributed by atoms with E-state index in [1.165, 1.54) is 16.1 Å². The molecule has 0 saturated heterocycles. The van der Waals surface area contributed by atoms with Crippen LogP contribution in [0.1, 0.15) is 33.4 Å². The molecule has 2 aromatic carbocycles. The van der Waals surface area contributed by atoms with Crippen LogP contribution < -0.4 is 20.5 Å². The van der Waals surface area contributed by atoms with Gasteiger partial charge in [0, 0.05) is 6.92 Å². The lowest BCUT2D eigenvalue weighted by molar-refractivity contribution is -0.863. The van der Waals surface area contributed by atoms with Crippen LogP contribution in [0.4, 0.5) is 0 Å². The fraction of sp³-hybridized carbons (Fsp3) is 0.318. The van der Waals surface area contributed by atoms with Gasteiger partial charge >= 0.3 is 0 Å². The van der Waals surface area contributed by atoms with Gasteiger partial charge in [-0.3, -0.25) is 0 Å². The van der Waals surface area contributed by atoms with Gasteiger partial charge in [0.15, 0.2) is 11.9 Å². The van der Waals surface area contributed by atoms with Crippen LogP contribution in [0.15, 0.2) is 71.3 Å². The topological polar surface area (TPSA) is 17.0 Å². The molecule has 0 saturated carbocycles. The van der Waals surface area contributed by atoms with E-state index in [4.69, 9.17) is 4.52 Å². The summed E-state index contributed by atoms with van der Waals surface area (Å²) in [6.45, 7) is 12.2. The first-order valence-electron chi connectivity index (χ1n) is 9.03. The lowest BCUT2D eigenvalue weighted by Crippen LogP contribution is -2.72. The van der Waals surface area contributed by atoms with Gasteiger partial charge < -0.3 is 0 Å². The summed E-state index contributed by atoms with van der Waals surface area (Å²) in [5.74, 6) is 0. The van der Waals surface area contributed by atoms with E-state index in [-0.39, 0.29) is 5.04 Å². The highest BCUT2D eigenvalue weighted by molar-refractivity contribution is 7.12. The van der Waals surface area contributed by atoms with E-state index in [1.54, 1.807) is 0 Å². The molecule has 0 aliphatic carbocycles. The molecule has 3 heteroatoms. The molecule has 2 nitrogen and oxygen atoms in total. The molecule has 0 radical (unpaired) electrons. The summed E-state index contributed by atoms with van der Waals surface area (Å²) in [5, 5.41) is 3.99. The molecule has 0 N–H and O–H groups in total. The molecule has 25 heavy (non-hydrogen) atoms. The molecular weight excluding hydrogens is 322 g/mol. The van der Waals surface area contributed by atoms with Crippen molar-refractivity contribution in [3.63, 3.8) is 0 Å². The van der Waals surface area contributed by atoms with Gasteiger partial charge in [0.05, 0.1) is 6.07 Å². The molecule has 3 aromatic rings. The van der Waals surface area contributed by atoms with Gasteiger partial charge in [0.25, 0.3) is 0 Å². The van der Waals surface area contributed by atoms with E-state index >= 15 is 0 Å². The molecule has 0 bridgehead atoms. The van der Waals surface area contributed by atoms with Crippen molar-refractivity contribution in [3.05, 3.63) is 72.4 Å². The van der Waals surface area contributed by atoms with Crippen molar-refractivity contribution in [2.45, 2.75) is 46.2 Å². The summed E-state index contributed by atoms with van der Waals surface area (Å²) in [6.07, 6.45) is 0. The maximum atomic E-state index is 6.44. The van der Waals surface area contributed by atoms with Crippen LogP contribution in [0.3, 0.4) is 0 Å². The van der Waals surface area contributed by atoms with Crippen molar-refractivity contribution in [1.82, 2.24) is 0 Å². The second kappa shape index (κ2) is 6.64. The first-order chi connectivity index (χ1) is 11.9. The first kappa shape index (κ1) is 17.7. The molecule has 0 amide bonds. The largest absolute Gasteiger partial charge is 0.246 e. The van der Waals surface area contributed by atoms with Gasteiger partial charge in [0.2, 0.25) is 13.8 Å². The Kier molecular flexibility index (Phi) is 4.70. The summed E-state index contributed by atoms with van der Waals surface area (Å²) in [5.41, 5.74) is 1.19. The lowest BCUT2D eigenvalue weighted by atomic mass is 10.2. The Bertz CT molecular complexity index is 792. The number of nitrogens with zero attached hydrogens (tertiary/aromatic N) is 1. The van der Waals surface area contributed by atoms with E-state index < -0.39 is 8.07 Å².